The third-order valence-electron chi connectivity index (χ3n) is 4.03. The van der Waals surface area contributed by atoms with E-state index in [0.717, 1.165) is 11.4 Å². The summed E-state index contributed by atoms with van der Waals surface area (Å²) in [6, 6.07) is 5.49. The Hall–Kier alpha value is -1.16. The standard InChI is InChI=1S/C17H16Cl3NO2/c1-9-5-12(10(2)21(9)11-3-4-11)16(22)8-23-17-7-14(19)13(18)6-15(17)20/h5-7,11H,3-4,8H2,1-2H3. The van der Waals surface area contributed by atoms with Crippen LogP contribution in [0.2, 0.25) is 15.1 Å². The highest BCUT2D eigenvalue weighted by Gasteiger charge is 2.28. The molecule has 0 spiro atoms. The van der Waals surface area contributed by atoms with Crippen molar-refractivity contribution >= 4 is 40.6 Å². The second-order valence-corrected chi connectivity index (χ2v) is 7.02. The predicted octanol–water partition coefficient (Wildman–Crippen LogP) is 5.66. The molecule has 0 aliphatic heterocycles. The molecule has 1 aromatic heterocycles. The van der Waals surface area contributed by atoms with Gasteiger partial charge in [-0.05, 0) is 38.8 Å². The quantitative estimate of drug-likeness (QED) is 0.501. The van der Waals surface area contributed by atoms with Crippen LogP contribution >= 0.6 is 34.8 Å². The summed E-state index contributed by atoms with van der Waals surface area (Å²) in [6.07, 6.45) is 2.36. The minimum Gasteiger partial charge on any atom is -0.484 e. The number of hydrogen-bond acceptors (Lipinski definition) is 2. The highest BCUT2D eigenvalue weighted by molar-refractivity contribution is 6.43. The van der Waals surface area contributed by atoms with Crippen molar-refractivity contribution in [3.63, 3.8) is 0 Å². The molecule has 0 unspecified atom stereocenters. The summed E-state index contributed by atoms with van der Waals surface area (Å²) in [5.41, 5.74) is 2.81. The first-order chi connectivity index (χ1) is 10.9. The number of carbonyl (C=O) groups is 1. The zero-order valence-corrected chi connectivity index (χ0v) is 15.1. The molecule has 0 radical (unpaired) electrons. The van der Waals surface area contributed by atoms with Gasteiger partial charge in [0.2, 0.25) is 5.78 Å². The van der Waals surface area contributed by atoms with E-state index in [1.807, 2.05) is 19.9 Å². The van der Waals surface area contributed by atoms with Crippen molar-refractivity contribution < 1.29 is 9.53 Å². The predicted molar refractivity (Wildman–Crippen MR) is 93.5 cm³/mol. The van der Waals surface area contributed by atoms with Crippen molar-refractivity contribution in [2.75, 3.05) is 6.61 Å². The molecule has 1 aliphatic rings. The summed E-state index contributed by atoms with van der Waals surface area (Å²) in [6.45, 7) is 3.91. The SMILES string of the molecule is Cc1cc(C(=O)COc2cc(Cl)c(Cl)cc2Cl)c(C)n1C1CC1. The molecular weight excluding hydrogens is 357 g/mol. The van der Waals surface area contributed by atoms with E-state index in [-0.39, 0.29) is 12.4 Å². The van der Waals surface area contributed by atoms with Gasteiger partial charge >= 0.3 is 0 Å². The van der Waals surface area contributed by atoms with E-state index in [1.54, 1.807) is 0 Å². The van der Waals surface area contributed by atoms with E-state index >= 15 is 0 Å². The number of aryl methyl sites for hydroxylation is 1. The lowest BCUT2D eigenvalue weighted by Gasteiger charge is -2.10. The number of benzene rings is 1. The van der Waals surface area contributed by atoms with Crippen LogP contribution in [0.4, 0.5) is 0 Å². The summed E-state index contributed by atoms with van der Waals surface area (Å²) in [7, 11) is 0. The van der Waals surface area contributed by atoms with Crippen molar-refractivity contribution in [3.05, 3.63) is 50.2 Å². The number of Topliss-reactive ketones (excluding diaryl/α,β-unsaturated/α-hetero) is 1. The third-order valence-corrected chi connectivity index (χ3v) is 5.05. The smallest absolute Gasteiger partial charge is 0.202 e. The number of aromatic nitrogens is 1. The van der Waals surface area contributed by atoms with Crippen LogP contribution in [0, 0.1) is 13.8 Å². The van der Waals surface area contributed by atoms with Crippen molar-refractivity contribution in [2.24, 2.45) is 0 Å². The number of halogens is 3. The summed E-state index contributed by atoms with van der Waals surface area (Å²) in [4.78, 5) is 12.5. The van der Waals surface area contributed by atoms with Gasteiger partial charge in [0.25, 0.3) is 0 Å². The Labute approximate surface area is 150 Å². The Bertz CT molecular complexity index is 779. The molecule has 0 amide bonds. The summed E-state index contributed by atoms with van der Waals surface area (Å²) >= 11 is 17.9. The van der Waals surface area contributed by atoms with E-state index in [2.05, 4.69) is 4.57 Å². The number of rotatable bonds is 5. The Balaban J connectivity index is 1.75. The minimum atomic E-state index is -0.0906. The van der Waals surface area contributed by atoms with Gasteiger partial charge in [-0.1, -0.05) is 34.8 Å². The fourth-order valence-corrected chi connectivity index (χ4v) is 3.38. The van der Waals surface area contributed by atoms with Gasteiger partial charge in [0, 0.05) is 29.1 Å². The molecule has 0 bridgehead atoms. The molecule has 1 aromatic carbocycles. The fourth-order valence-electron chi connectivity index (χ4n) is 2.79. The monoisotopic (exact) mass is 371 g/mol. The number of ketones is 1. The van der Waals surface area contributed by atoms with Gasteiger partial charge in [0.15, 0.2) is 6.61 Å². The van der Waals surface area contributed by atoms with Gasteiger partial charge in [-0.2, -0.15) is 0 Å². The van der Waals surface area contributed by atoms with Gasteiger partial charge in [-0.25, -0.2) is 0 Å². The zero-order chi connectivity index (χ0) is 16.7. The van der Waals surface area contributed by atoms with Gasteiger partial charge in [-0.15, -0.1) is 0 Å². The normalized spacial score (nSPS) is 14.1. The summed E-state index contributed by atoms with van der Waals surface area (Å²) in [5.74, 6) is 0.276. The fraction of sp³-hybridized carbons (Fsp3) is 0.353. The number of hydrogen-bond donors (Lipinski definition) is 0. The molecule has 23 heavy (non-hydrogen) atoms. The molecule has 2 aromatic rings. The Morgan fingerprint density at radius 1 is 1.13 bits per heavy atom. The molecule has 3 rings (SSSR count). The molecule has 122 valence electrons. The maximum atomic E-state index is 12.5. The van der Waals surface area contributed by atoms with Crippen LogP contribution in [0.5, 0.6) is 5.75 Å². The maximum Gasteiger partial charge on any atom is 0.202 e. The zero-order valence-electron chi connectivity index (χ0n) is 12.8. The van der Waals surface area contributed by atoms with Crippen LogP contribution in [0.15, 0.2) is 18.2 Å². The second-order valence-electron chi connectivity index (χ2n) is 5.79. The number of ether oxygens (including phenoxy) is 1. The molecule has 0 saturated heterocycles. The molecule has 0 atom stereocenters. The summed E-state index contributed by atoms with van der Waals surface area (Å²) < 4.78 is 7.77. The average molecular weight is 373 g/mol. The molecule has 0 N–H and O–H groups in total. The first-order valence-corrected chi connectivity index (χ1v) is 8.51. The largest absolute Gasteiger partial charge is 0.484 e. The molecular formula is C17H16Cl3NO2. The molecule has 1 heterocycles. The van der Waals surface area contributed by atoms with Crippen LogP contribution in [0.25, 0.3) is 0 Å². The minimum absolute atomic E-state index is 0.0767. The molecule has 1 fully saturated rings. The highest BCUT2D eigenvalue weighted by atomic mass is 35.5. The second kappa shape index (κ2) is 6.39. The number of carbonyl (C=O) groups excluding carboxylic acids is 1. The van der Waals surface area contributed by atoms with Crippen LogP contribution in [-0.2, 0) is 0 Å². The lowest BCUT2D eigenvalue weighted by atomic mass is 10.1. The van der Waals surface area contributed by atoms with Crippen LogP contribution in [0.1, 0.15) is 40.6 Å². The summed E-state index contributed by atoms with van der Waals surface area (Å²) in [5, 5.41) is 1.02. The lowest BCUT2D eigenvalue weighted by molar-refractivity contribution is 0.0921. The first kappa shape index (κ1) is 16.7. The van der Waals surface area contributed by atoms with E-state index in [0.29, 0.717) is 32.4 Å². The van der Waals surface area contributed by atoms with Gasteiger partial charge < -0.3 is 9.30 Å². The van der Waals surface area contributed by atoms with Gasteiger partial charge in [0.05, 0.1) is 15.1 Å². The van der Waals surface area contributed by atoms with E-state index in [4.69, 9.17) is 39.5 Å². The Morgan fingerprint density at radius 3 is 2.43 bits per heavy atom. The van der Waals surface area contributed by atoms with Gasteiger partial charge in [-0.3, -0.25) is 4.79 Å². The van der Waals surface area contributed by atoms with Crippen LogP contribution < -0.4 is 4.74 Å². The lowest BCUT2D eigenvalue weighted by Crippen LogP contribution is -2.13. The van der Waals surface area contributed by atoms with Gasteiger partial charge in [0.1, 0.15) is 5.75 Å². The maximum absolute atomic E-state index is 12.5. The Morgan fingerprint density at radius 2 is 1.78 bits per heavy atom. The molecule has 1 saturated carbocycles. The molecule has 6 heteroatoms. The van der Waals surface area contributed by atoms with E-state index < -0.39 is 0 Å². The van der Waals surface area contributed by atoms with Crippen molar-refractivity contribution in [1.29, 1.82) is 0 Å². The van der Waals surface area contributed by atoms with E-state index in [1.165, 1.54) is 25.0 Å². The number of nitrogens with zero attached hydrogens (tertiary/aromatic N) is 1. The first-order valence-electron chi connectivity index (χ1n) is 7.37. The van der Waals surface area contributed by atoms with Crippen molar-refractivity contribution in [1.82, 2.24) is 4.57 Å². The topological polar surface area (TPSA) is 31.2 Å². The highest BCUT2D eigenvalue weighted by Crippen LogP contribution is 2.38. The van der Waals surface area contributed by atoms with Crippen LogP contribution in [-0.4, -0.2) is 17.0 Å². The van der Waals surface area contributed by atoms with E-state index in [9.17, 15) is 4.79 Å². The third kappa shape index (κ3) is 3.37. The Kier molecular flexibility index (Phi) is 4.63. The molecule has 3 nitrogen and oxygen atoms in total. The average Bonchev–Trinajstić information content (AvgIpc) is 3.27. The van der Waals surface area contributed by atoms with Crippen molar-refractivity contribution in [2.45, 2.75) is 32.7 Å². The van der Waals surface area contributed by atoms with Crippen LogP contribution in [0.3, 0.4) is 0 Å². The molecule has 1 aliphatic carbocycles. The van der Waals surface area contributed by atoms with Crippen molar-refractivity contribution in [3.8, 4) is 5.75 Å².